The number of carbonyl (C=O) groups is 4. The molecule has 0 unspecified atom stereocenters. The zero-order chi connectivity index (χ0) is 54.3. The van der Waals surface area contributed by atoms with Gasteiger partial charge in [0.1, 0.15) is 19.2 Å². The molecule has 2 fully saturated rings. The number of aliphatic hydroxyl groups excluding tert-OH is 8. The third-order valence-corrected chi connectivity index (χ3v) is 12.7. The Morgan fingerprint density at radius 2 is 1.22 bits per heavy atom. The number of aliphatic carboxylic acids is 2. The monoisotopic (exact) mass is 1040 g/mol. The number of nitrogens with one attached hydrogen (secondary N) is 2. The molecule has 3 aliphatic heterocycles. The number of rotatable bonds is 8. The predicted octanol–water partition coefficient (Wildman–Crippen LogP) is 1.16. The average molecular weight is 1040 g/mol. The summed E-state index contributed by atoms with van der Waals surface area (Å²) in [7, 11) is 0. The van der Waals surface area contributed by atoms with Crippen molar-refractivity contribution in [3.63, 3.8) is 0 Å². The standard InChI is InChI=1S/C51H79N3O19/c1-31-17-15-13-11-9-7-5-6-8-10-12-14-16-18-38(72-47-22-21-39(58)34(4)71-47)26-43-48(52-50(68)53-54(29-44(62)63)30-45(64)65)42(61)28-51(69,73-43)27-37(57)24-41(60)40(59)20-19-35(55)23-36(56)25-46(66)70-33(3)32(2)49(31)67/h5-18,31-43,47-49,55-61,67,69H,19-30H2,1-4H3,(H,62,63)(H,64,65)(H2,52,53,68)/b6-5+,9-7+,10-8+,13-11+,14-12+,17-15+,18-16+/t31-,32-,33-,34+,35+,36+,37-,38-,39-,40+,41+,42-,43-,47-,48+,49+,51+/m0/s1. The highest BCUT2D eigenvalue weighted by molar-refractivity contribution is 5.77. The van der Waals surface area contributed by atoms with Crippen LogP contribution in [-0.4, -0.2) is 190 Å². The van der Waals surface area contributed by atoms with E-state index in [0.29, 0.717) is 11.4 Å². The largest absolute Gasteiger partial charge is 0.480 e. The molecule has 412 valence electrons. The van der Waals surface area contributed by atoms with E-state index in [1.807, 2.05) is 25.2 Å². The fourth-order valence-corrected chi connectivity index (χ4v) is 8.50. The molecule has 0 radical (unpaired) electrons. The predicted molar refractivity (Wildman–Crippen MR) is 263 cm³/mol. The van der Waals surface area contributed by atoms with E-state index >= 15 is 0 Å². The van der Waals surface area contributed by atoms with Gasteiger partial charge in [0.05, 0.1) is 79.6 Å². The second-order valence-corrected chi connectivity index (χ2v) is 19.1. The molecule has 2 saturated heterocycles. The Balaban J connectivity index is 1.93. The average Bonchev–Trinajstić information content (AvgIpc) is 3.28. The molecular formula is C51H79N3O19. The van der Waals surface area contributed by atoms with Gasteiger partial charge in [-0.3, -0.25) is 19.8 Å². The van der Waals surface area contributed by atoms with Gasteiger partial charge in [-0.05, 0) is 39.5 Å². The zero-order valence-corrected chi connectivity index (χ0v) is 41.9. The highest BCUT2D eigenvalue weighted by atomic mass is 16.7. The number of nitrogens with zero attached hydrogens (tertiary/aromatic N) is 1. The van der Waals surface area contributed by atoms with Crippen molar-refractivity contribution in [1.29, 1.82) is 0 Å². The van der Waals surface area contributed by atoms with Crippen LogP contribution in [0.3, 0.4) is 0 Å². The molecule has 0 aromatic heterocycles. The number of urea groups is 1. The van der Waals surface area contributed by atoms with Crippen molar-refractivity contribution in [3.05, 3.63) is 85.1 Å². The summed E-state index contributed by atoms with van der Waals surface area (Å²) in [6, 6.07) is -2.51. The lowest BCUT2D eigenvalue weighted by molar-refractivity contribution is -0.297. The van der Waals surface area contributed by atoms with Gasteiger partial charge in [0, 0.05) is 43.9 Å². The lowest BCUT2D eigenvalue weighted by Crippen LogP contribution is -2.64. The lowest BCUT2D eigenvalue weighted by Gasteiger charge is -2.46. The van der Waals surface area contributed by atoms with Gasteiger partial charge in [-0.1, -0.05) is 98.9 Å². The van der Waals surface area contributed by atoms with Crippen molar-refractivity contribution in [2.75, 3.05) is 13.1 Å². The van der Waals surface area contributed by atoms with E-state index in [9.17, 15) is 75.3 Å². The van der Waals surface area contributed by atoms with Crippen LogP contribution in [0.2, 0.25) is 0 Å². The quantitative estimate of drug-likeness (QED) is 0.120. The fraction of sp³-hybridized carbons (Fsp3) is 0.647. The molecule has 22 heteroatoms. The number of carbonyl (C=O) groups excluding carboxylic acids is 2. The number of hydrogen-bond acceptors (Lipinski definition) is 18. The summed E-state index contributed by atoms with van der Waals surface area (Å²) < 4.78 is 23.9. The Hall–Kier alpha value is -4.66. The van der Waals surface area contributed by atoms with E-state index in [1.54, 1.807) is 87.6 Å². The molecule has 17 atom stereocenters. The summed E-state index contributed by atoms with van der Waals surface area (Å²) >= 11 is 0. The molecule has 0 aliphatic carbocycles. The van der Waals surface area contributed by atoms with Crippen LogP contribution < -0.4 is 10.7 Å². The highest BCUT2D eigenvalue weighted by Crippen LogP contribution is 2.35. The fourth-order valence-electron chi connectivity index (χ4n) is 8.50. The van der Waals surface area contributed by atoms with Gasteiger partial charge in [-0.2, -0.15) is 5.01 Å². The van der Waals surface area contributed by atoms with Crippen LogP contribution in [0.15, 0.2) is 85.1 Å². The molecule has 0 saturated carbocycles. The maximum atomic E-state index is 13.3. The molecule has 0 aromatic carbocycles. The maximum absolute atomic E-state index is 13.3. The Kier molecular flexibility index (Phi) is 27.4. The van der Waals surface area contributed by atoms with E-state index in [1.165, 1.54) is 0 Å². The summed E-state index contributed by atoms with van der Waals surface area (Å²) in [6.07, 6.45) is 7.32. The van der Waals surface area contributed by atoms with Crippen LogP contribution in [0.25, 0.3) is 0 Å². The maximum Gasteiger partial charge on any atom is 0.329 e. The Morgan fingerprint density at radius 1 is 0.658 bits per heavy atom. The zero-order valence-electron chi connectivity index (χ0n) is 41.9. The number of amides is 2. The molecule has 0 aromatic rings. The van der Waals surface area contributed by atoms with Crippen LogP contribution in [-0.2, 0) is 33.3 Å². The first-order valence-corrected chi connectivity index (χ1v) is 24.7. The SMILES string of the molecule is C[C@@H]1[C@H](O)[C@@H](C)/C=C/C=C/C=C/C=C/C=C/C=C/C=C/[C@H](O[C@H]2CC[C@H](O)[C@@H](C)O2)C[C@@H]2O[C@](O)(C[C@@H](O)C[C@@H](O)[C@H](O)CC[C@@H](O)C[C@@H](O)CC(=O)O[C@H]1C)C[C@H](O)[C@H]2NC(=O)NN(CC(=O)O)CC(=O)O. The Bertz CT molecular complexity index is 1910. The third kappa shape index (κ3) is 24.0. The molecule has 2 amide bonds. The second-order valence-electron chi connectivity index (χ2n) is 19.1. The molecule has 2 bridgehead atoms. The first-order valence-electron chi connectivity index (χ1n) is 24.7. The minimum absolute atomic E-state index is 0.128. The summed E-state index contributed by atoms with van der Waals surface area (Å²) in [5, 5.41) is 120. The van der Waals surface area contributed by atoms with Gasteiger partial charge in [-0.25, -0.2) is 4.79 Å². The number of cyclic esters (lactones) is 1. The van der Waals surface area contributed by atoms with Crippen LogP contribution in [0, 0.1) is 11.8 Å². The van der Waals surface area contributed by atoms with Gasteiger partial charge >= 0.3 is 23.9 Å². The molecule has 13 N–H and O–H groups in total. The molecule has 0 spiro atoms. The van der Waals surface area contributed by atoms with Crippen LogP contribution >= 0.6 is 0 Å². The normalized spacial score (nSPS) is 39.6. The summed E-state index contributed by atoms with van der Waals surface area (Å²) in [5.74, 6) is -6.75. The number of ether oxygens (including phenoxy) is 4. The summed E-state index contributed by atoms with van der Waals surface area (Å²) in [5.41, 5.74) is 2.14. The number of hydrogen-bond donors (Lipinski definition) is 13. The minimum Gasteiger partial charge on any atom is -0.480 e. The van der Waals surface area contributed by atoms with Gasteiger partial charge in [0.25, 0.3) is 0 Å². The number of carboxylic acids is 2. The van der Waals surface area contributed by atoms with Gasteiger partial charge in [0.15, 0.2) is 12.1 Å². The molecule has 73 heavy (non-hydrogen) atoms. The van der Waals surface area contributed by atoms with Crippen molar-refractivity contribution in [2.24, 2.45) is 11.8 Å². The summed E-state index contributed by atoms with van der Waals surface area (Å²) in [4.78, 5) is 48.8. The summed E-state index contributed by atoms with van der Waals surface area (Å²) in [6.45, 7) is 5.06. The van der Waals surface area contributed by atoms with Gasteiger partial charge < -0.3 is 80.4 Å². The topological polar surface area (TPSA) is 355 Å². The number of carboxylic acid groups (broad SMARTS) is 2. The highest BCUT2D eigenvalue weighted by Gasteiger charge is 2.48. The Morgan fingerprint density at radius 3 is 1.79 bits per heavy atom. The molecule has 3 rings (SSSR count). The molecule has 3 heterocycles. The van der Waals surface area contributed by atoms with E-state index < -0.39 is 160 Å². The minimum atomic E-state index is -2.34. The van der Waals surface area contributed by atoms with Gasteiger partial charge in [0.2, 0.25) is 0 Å². The van der Waals surface area contributed by atoms with Crippen LogP contribution in [0.4, 0.5) is 4.79 Å². The lowest BCUT2D eigenvalue weighted by atomic mass is 9.87. The van der Waals surface area contributed by atoms with Crippen molar-refractivity contribution in [1.82, 2.24) is 15.8 Å². The molecule has 3 aliphatic rings. The molecule has 22 nitrogen and oxygen atoms in total. The first-order chi connectivity index (χ1) is 34.4. The number of fused-ring (bicyclic) bond motifs is 2. The number of esters is 1. The second kappa shape index (κ2) is 31.9. The Labute approximate surface area is 426 Å². The van der Waals surface area contributed by atoms with Crippen LogP contribution in [0.1, 0.15) is 91.9 Å². The van der Waals surface area contributed by atoms with Crippen molar-refractivity contribution >= 4 is 23.9 Å². The van der Waals surface area contributed by atoms with Gasteiger partial charge in [-0.15, -0.1) is 0 Å². The van der Waals surface area contributed by atoms with Crippen molar-refractivity contribution < 1.29 is 94.3 Å². The van der Waals surface area contributed by atoms with E-state index in [-0.39, 0.29) is 38.0 Å². The number of allylic oxidation sites excluding steroid dienone is 12. The third-order valence-electron chi connectivity index (χ3n) is 12.7. The van der Waals surface area contributed by atoms with Crippen LogP contribution in [0.5, 0.6) is 0 Å². The first kappa shape index (κ1) is 62.6. The van der Waals surface area contributed by atoms with Crippen molar-refractivity contribution in [3.8, 4) is 0 Å². The van der Waals surface area contributed by atoms with E-state index in [0.717, 1.165) is 0 Å². The molecular weight excluding hydrogens is 959 g/mol. The smallest absolute Gasteiger partial charge is 0.329 e. The van der Waals surface area contributed by atoms with E-state index in [4.69, 9.17) is 18.9 Å². The number of hydrazine groups is 1. The number of aliphatic hydroxyl groups is 9. The van der Waals surface area contributed by atoms with E-state index in [2.05, 4.69) is 10.7 Å². The van der Waals surface area contributed by atoms with Crippen molar-refractivity contribution in [2.45, 2.75) is 183 Å².